The summed E-state index contributed by atoms with van der Waals surface area (Å²) in [6.45, 7) is 13.7. The molecule has 0 spiro atoms. The van der Waals surface area contributed by atoms with Crippen molar-refractivity contribution in [3.63, 3.8) is 0 Å². The van der Waals surface area contributed by atoms with Crippen molar-refractivity contribution in [2.75, 3.05) is 6.61 Å². The molecule has 1 aliphatic heterocycles. The van der Waals surface area contributed by atoms with E-state index in [1.54, 1.807) is 0 Å². The summed E-state index contributed by atoms with van der Waals surface area (Å²) in [6.07, 6.45) is 6.88. The summed E-state index contributed by atoms with van der Waals surface area (Å²) in [5.41, 5.74) is 0.923. The molecule has 32 heavy (non-hydrogen) atoms. The second kappa shape index (κ2) is 7.05. The number of ether oxygens (including phenoxy) is 2. The zero-order chi connectivity index (χ0) is 23.3. The van der Waals surface area contributed by atoms with E-state index >= 15 is 0 Å². The maximum absolute atomic E-state index is 12.3. The molecule has 10 atom stereocenters. The number of fused-ring (bicyclic) bond motifs is 7. The summed E-state index contributed by atoms with van der Waals surface area (Å²) in [5.74, 6) is 0.834. The van der Waals surface area contributed by atoms with Gasteiger partial charge in [0.25, 0.3) is 0 Å². The largest absolute Gasteiger partial charge is 0.462 e. The maximum atomic E-state index is 12.3. The van der Waals surface area contributed by atoms with Crippen LogP contribution in [0.2, 0.25) is 0 Å². The third kappa shape index (κ3) is 2.77. The predicted octanol–water partition coefficient (Wildman–Crippen LogP) is 4.46. The van der Waals surface area contributed by atoms with Gasteiger partial charge in [-0.2, -0.15) is 0 Å². The predicted molar refractivity (Wildman–Crippen MR) is 121 cm³/mol. The fourth-order valence-corrected chi connectivity index (χ4v) is 9.96. The molecule has 5 heteroatoms. The number of aliphatic hydroxyl groups is 2. The number of carbonyl (C=O) groups is 1. The monoisotopic (exact) mass is 446 g/mol. The topological polar surface area (TPSA) is 76.0 Å². The molecule has 5 rings (SSSR count). The van der Waals surface area contributed by atoms with Crippen LogP contribution in [0, 0.1) is 45.3 Å². The molecule has 0 bridgehead atoms. The van der Waals surface area contributed by atoms with Gasteiger partial charge in [0.15, 0.2) is 6.29 Å². The van der Waals surface area contributed by atoms with Crippen molar-refractivity contribution in [1.82, 2.24) is 0 Å². The lowest BCUT2D eigenvalue weighted by atomic mass is 9.34. The lowest BCUT2D eigenvalue weighted by Crippen LogP contribution is -2.68. The van der Waals surface area contributed by atoms with Crippen LogP contribution >= 0.6 is 0 Å². The van der Waals surface area contributed by atoms with Gasteiger partial charge in [0.1, 0.15) is 6.10 Å². The molecule has 2 unspecified atom stereocenters. The summed E-state index contributed by atoms with van der Waals surface area (Å²) in [7, 11) is 0. The fourth-order valence-electron chi connectivity index (χ4n) is 9.96. The Bertz CT molecular complexity index is 834. The first kappa shape index (κ1) is 22.9. The van der Waals surface area contributed by atoms with Crippen molar-refractivity contribution >= 4 is 5.97 Å². The van der Waals surface area contributed by atoms with Crippen molar-refractivity contribution in [3.8, 4) is 0 Å². The molecule has 0 aromatic carbocycles. The number of hydrogen-bond acceptors (Lipinski definition) is 5. The zero-order valence-corrected chi connectivity index (χ0v) is 20.7. The average molecular weight is 447 g/mol. The molecule has 0 radical (unpaired) electrons. The van der Waals surface area contributed by atoms with Crippen LogP contribution in [0.5, 0.6) is 0 Å². The fraction of sp³-hybridized carbons (Fsp3) is 0.889. The summed E-state index contributed by atoms with van der Waals surface area (Å²) >= 11 is 0. The zero-order valence-electron chi connectivity index (χ0n) is 20.7. The van der Waals surface area contributed by atoms with E-state index in [-0.39, 0.29) is 45.8 Å². The number of hydrogen-bond donors (Lipinski definition) is 2. The standard InChI is InChI=1S/C27H42O5/c1-15(28)32-21-13-19-25(4)12-10-20(29)24(2,3)17(25)9-11-26(19,5)18-8-7-16-14-31-23(30)22(16)27(18,21)6/h7,17-23,29-30H,8-14H2,1-6H3/t17-,18-,19+,20?,21+,22?,23+,25-,26-,27+/m0/s1. The molecule has 0 aromatic rings. The number of aliphatic hydroxyl groups excluding tert-OH is 2. The molecule has 180 valence electrons. The molecule has 1 saturated heterocycles. The van der Waals surface area contributed by atoms with Crippen molar-refractivity contribution < 1.29 is 24.5 Å². The Morgan fingerprint density at radius 1 is 1.03 bits per heavy atom. The van der Waals surface area contributed by atoms with Crippen LogP contribution in [0.15, 0.2) is 11.6 Å². The highest BCUT2D eigenvalue weighted by Crippen LogP contribution is 2.73. The van der Waals surface area contributed by atoms with Crippen LogP contribution in [0.1, 0.15) is 80.1 Å². The first-order chi connectivity index (χ1) is 14.9. The van der Waals surface area contributed by atoms with Gasteiger partial charge in [-0.15, -0.1) is 0 Å². The molecular weight excluding hydrogens is 404 g/mol. The third-order valence-electron chi connectivity index (χ3n) is 11.5. The van der Waals surface area contributed by atoms with Crippen LogP contribution < -0.4 is 0 Å². The lowest BCUT2D eigenvalue weighted by Gasteiger charge is -2.71. The van der Waals surface area contributed by atoms with Gasteiger partial charge in [-0.3, -0.25) is 4.79 Å². The average Bonchev–Trinajstić information content (AvgIpc) is 3.08. The maximum Gasteiger partial charge on any atom is 0.302 e. The van der Waals surface area contributed by atoms with Gasteiger partial charge < -0.3 is 19.7 Å². The smallest absolute Gasteiger partial charge is 0.302 e. The molecule has 1 heterocycles. The quantitative estimate of drug-likeness (QED) is 0.459. The highest BCUT2D eigenvalue weighted by atomic mass is 16.6. The molecule has 0 amide bonds. The van der Waals surface area contributed by atoms with Gasteiger partial charge in [-0.1, -0.05) is 40.7 Å². The minimum atomic E-state index is -0.831. The Balaban J connectivity index is 1.62. The molecule has 3 saturated carbocycles. The third-order valence-corrected chi connectivity index (χ3v) is 11.5. The second-order valence-electron chi connectivity index (χ2n) is 13.0. The van der Waals surface area contributed by atoms with Crippen molar-refractivity contribution in [2.45, 2.75) is 98.6 Å². The van der Waals surface area contributed by atoms with Crippen LogP contribution in [0.25, 0.3) is 0 Å². The lowest BCUT2D eigenvalue weighted by molar-refractivity contribution is -0.260. The van der Waals surface area contributed by atoms with E-state index in [4.69, 9.17) is 9.47 Å². The SMILES string of the molecule is CC(=O)O[C@@H]1C[C@@H]2[C@@]3(C)CCC(O)C(C)(C)[C@@H]3CC[C@@]2(C)[C@@H]2CC=C3CO[C@@H](O)C3[C@@]12C. The van der Waals surface area contributed by atoms with E-state index in [0.29, 0.717) is 24.4 Å². The molecule has 5 nitrogen and oxygen atoms in total. The highest BCUT2D eigenvalue weighted by Gasteiger charge is 2.70. The minimum absolute atomic E-state index is 0.0966. The first-order valence-electron chi connectivity index (χ1n) is 12.7. The second-order valence-corrected chi connectivity index (χ2v) is 13.0. The Kier molecular flexibility index (Phi) is 5.04. The van der Waals surface area contributed by atoms with E-state index in [2.05, 4.69) is 40.7 Å². The van der Waals surface area contributed by atoms with Crippen LogP contribution in [0.4, 0.5) is 0 Å². The molecule has 4 aliphatic carbocycles. The van der Waals surface area contributed by atoms with Crippen molar-refractivity contribution in [1.29, 1.82) is 0 Å². The normalized spacial score (nSPS) is 53.9. The number of allylic oxidation sites excluding steroid dienone is 1. The molecule has 4 fully saturated rings. The summed E-state index contributed by atoms with van der Waals surface area (Å²) < 4.78 is 11.8. The Hall–Kier alpha value is -0.910. The number of carbonyl (C=O) groups excluding carboxylic acids is 1. The van der Waals surface area contributed by atoms with Gasteiger partial charge in [0, 0.05) is 18.3 Å². The van der Waals surface area contributed by atoms with E-state index in [1.165, 1.54) is 12.5 Å². The molecular formula is C27H42O5. The van der Waals surface area contributed by atoms with Crippen LogP contribution in [-0.4, -0.2) is 41.3 Å². The Morgan fingerprint density at radius 3 is 2.38 bits per heavy atom. The number of esters is 1. The van der Waals surface area contributed by atoms with Gasteiger partial charge >= 0.3 is 5.97 Å². The van der Waals surface area contributed by atoms with Gasteiger partial charge in [-0.05, 0) is 78.1 Å². The summed E-state index contributed by atoms with van der Waals surface area (Å²) in [5, 5.41) is 21.7. The van der Waals surface area contributed by atoms with Crippen molar-refractivity contribution in [2.24, 2.45) is 45.3 Å². The summed E-state index contributed by atoms with van der Waals surface area (Å²) in [6, 6.07) is 0. The van der Waals surface area contributed by atoms with E-state index in [9.17, 15) is 15.0 Å². The molecule has 2 N–H and O–H groups in total. The number of rotatable bonds is 1. The van der Waals surface area contributed by atoms with E-state index in [0.717, 1.165) is 38.5 Å². The minimum Gasteiger partial charge on any atom is -0.462 e. The first-order valence-corrected chi connectivity index (χ1v) is 12.7. The highest BCUT2D eigenvalue weighted by molar-refractivity contribution is 5.66. The van der Waals surface area contributed by atoms with Crippen LogP contribution in [-0.2, 0) is 14.3 Å². The van der Waals surface area contributed by atoms with E-state index in [1.807, 2.05) is 0 Å². The van der Waals surface area contributed by atoms with Crippen LogP contribution in [0.3, 0.4) is 0 Å². The van der Waals surface area contributed by atoms with Crippen molar-refractivity contribution in [3.05, 3.63) is 11.6 Å². The van der Waals surface area contributed by atoms with Gasteiger partial charge in [0.2, 0.25) is 0 Å². The summed E-state index contributed by atoms with van der Waals surface area (Å²) in [4.78, 5) is 12.3. The molecule has 5 aliphatic rings. The Morgan fingerprint density at radius 2 is 1.69 bits per heavy atom. The van der Waals surface area contributed by atoms with Gasteiger partial charge in [0.05, 0.1) is 12.7 Å². The van der Waals surface area contributed by atoms with Gasteiger partial charge in [-0.25, -0.2) is 0 Å². The van der Waals surface area contributed by atoms with E-state index < -0.39 is 6.29 Å². The Labute approximate surface area is 192 Å². The molecule has 0 aromatic heterocycles.